The van der Waals surface area contributed by atoms with Gasteiger partial charge in [-0.15, -0.1) is 0 Å². The van der Waals surface area contributed by atoms with Gasteiger partial charge in [-0.25, -0.2) is 0 Å². The maximum atomic E-state index is 12.2. The van der Waals surface area contributed by atoms with E-state index in [0.717, 1.165) is 5.69 Å². The molecule has 0 aliphatic heterocycles. The minimum atomic E-state index is 0.0839. The van der Waals surface area contributed by atoms with Crippen LogP contribution in [0.25, 0.3) is 0 Å². The Balaban J connectivity index is 1.66. The molecule has 0 spiro atoms. The molecule has 2 aromatic rings. The summed E-state index contributed by atoms with van der Waals surface area (Å²) >= 11 is 5.84. The third kappa shape index (κ3) is 3.53. The molecule has 1 fully saturated rings. The Hall–Kier alpha value is -1.61. The van der Waals surface area contributed by atoms with Gasteiger partial charge in [-0.2, -0.15) is 5.10 Å². The van der Waals surface area contributed by atoms with Crippen LogP contribution < -0.4 is 0 Å². The van der Waals surface area contributed by atoms with Crippen molar-refractivity contribution >= 4 is 17.4 Å². The standard InChI is InChI=1S/C17H19ClN2O/c18-14-8-6-13(7-9-14)17(21)12-15-10-11-20(19-15)16-4-2-1-3-5-16/h6-11,16H,1-5,12H2. The van der Waals surface area contributed by atoms with Gasteiger partial charge in [0.25, 0.3) is 0 Å². The maximum absolute atomic E-state index is 12.2. The number of halogens is 1. The van der Waals surface area contributed by atoms with Gasteiger partial charge in [-0.3, -0.25) is 9.48 Å². The van der Waals surface area contributed by atoms with Crippen molar-refractivity contribution in [3.05, 3.63) is 52.8 Å². The zero-order valence-corrected chi connectivity index (χ0v) is 12.7. The van der Waals surface area contributed by atoms with Crippen LogP contribution in [0.4, 0.5) is 0 Å². The Kier molecular flexibility index (Phi) is 4.39. The third-order valence-electron chi connectivity index (χ3n) is 4.12. The number of aromatic nitrogens is 2. The number of carbonyl (C=O) groups is 1. The molecule has 110 valence electrons. The number of hydrogen-bond donors (Lipinski definition) is 0. The van der Waals surface area contributed by atoms with Crippen LogP contribution in [-0.4, -0.2) is 15.6 Å². The van der Waals surface area contributed by atoms with Crippen molar-refractivity contribution in [2.45, 2.75) is 44.6 Å². The van der Waals surface area contributed by atoms with Crippen molar-refractivity contribution in [1.82, 2.24) is 9.78 Å². The molecule has 1 aromatic heterocycles. The van der Waals surface area contributed by atoms with Gasteiger partial charge in [0.15, 0.2) is 5.78 Å². The van der Waals surface area contributed by atoms with Crippen molar-refractivity contribution in [2.24, 2.45) is 0 Å². The van der Waals surface area contributed by atoms with Crippen LogP contribution >= 0.6 is 11.6 Å². The lowest BCUT2D eigenvalue weighted by molar-refractivity contribution is 0.0991. The largest absolute Gasteiger partial charge is 0.294 e. The van der Waals surface area contributed by atoms with E-state index in [1.54, 1.807) is 24.3 Å². The fourth-order valence-electron chi connectivity index (χ4n) is 2.92. The fourth-order valence-corrected chi connectivity index (χ4v) is 3.05. The van der Waals surface area contributed by atoms with E-state index in [1.165, 1.54) is 32.1 Å². The van der Waals surface area contributed by atoms with E-state index in [9.17, 15) is 4.79 Å². The number of benzene rings is 1. The van der Waals surface area contributed by atoms with Crippen LogP contribution in [0.15, 0.2) is 36.5 Å². The van der Waals surface area contributed by atoms with Crippen LogP contribution in [0.5, 0.6) is 0 Å². The molecular formula is C17H19ClN2O. The molecule has 0 N–H and O–H groups in total. The van der Waals surface area contributed by atoms with Gasteiger partial charge in [-0.1, -0.05) is 30.9 Å². The van der Waals surface area contributed by atoms with E-state index in [1.807, 2.05) is 16.9 Å². The van der Waals surface area contributed by atoms with Crippen molar-refractivity contribution < 1.29 is 4.79 Å². The highest BCUT2D eigenvalue weighted by Crippen LogP contribution is 2.27. The van der Waals surface area contributed by atoms with E-state index in [4.69, 9.17) is 11.6 Å². The van der Waals surface area contributed by atoms with E-state index < -0.39 is 0 Å². The Morgan fingerprint density at radius 2 is 1.86 bits per heavy atom. The molecule has 3 rings (SSSR count). The Labute approximate surface area is 129 Å². The molecule has 0 amide bonds. The van der Waals surface area contributed by atoms with Crippen LogP contribution in [-0.2, 0) is 6.42 Å². The molecule has 0 bridgehead atoms. The molecule has 3 nitrogen and oxygen atoms in total. The number of carbonyl (C=O) groups excluding carboxylic acids is 1. The molecule has 0 radical (unpaired) electrons. The van der Waals surface area contributed by atoms with Crippen LogP contribution in [0, 0.1) is 0 Å². The van der Waals surface area contributed by atoms with Crippen molar-refractivity contribution in [3.63, 3.8) is 0 Å². The summed E-state index contributed by atoms with van der Waals surface area (Å²) in [4.78, 5) is 12.2. The predicted molar refractivity (Wildman–Crippen MR) is 83.8 cm³/mol. The third-order valence-corrected chi connectivity index (χ3v) is 4.37. The topological polar surface area (TPSA) is 34.9 Å². The SMILES string of the molecule is O=C(Cc1ccn(C2CCCCC2)n1)c1ccc(Cl)cc1. The first-order valence-corrected chi connectivity index (χ1v) is 7.93. The number of hydrogen-bond acceptors (Lipinski definition) is 2. The summed E-state index contributed by atoms with van der Waals surface area (Å²) in [6.45, 7) is 0. The minimum absolute atomic E-state index is 0.0839. The Morgan fingerprint density at radius 3 is 2.57 bits per heavy atom. The summed E-state index contributed by atoms with van der Waals surface area (Å²) in [6, 6.07) is 9.50. The van der Waals surface area contributed by atoms with E-state index in [2.05, 4.69) is 5.10 Å². The average molecular weight is 303 g/mol. The summed E-state index contributed by atoms with van der Waals surface area (Å²) in [7, 11) is 0. The number of nitrogens with zero attached hydrogens (tertiary/aromatic N) is 2. The highest BCUT2D eigenvalue weighted by atomic mass is 35.5. The molecule has 0 atom stereocenters. The van der Waals surface area contributed by atoms with Gasteiger partial charge in [0.2, 0.25) is 0 Å². The average Bonchev–Trinajstić information content (AvgIpc) is 2.97. The van der Waals surface area contributed by atoms with Crippen molar-refractivity contribution in [3.8, 4) is 0 Å². The molecule has 4 heteroatoms. The van der Waals surface area contributed by atoms with Gasteiger partial charge in [0.05, 0.1) is 18.2 Å². The van der Waals surface area contributed by atoms with E-state index in [-0.39, 0.29) is 5.78 Å². The molecule has 1 heterocycles. The van der Waals surface area contributed by atoms with Crippen molar-refractivity contribution in [2.75, 3.05) is 0 Å². The predicted octanol–water partition coefficient (Wildman–Crippen LogP) is 4.47. The quantitative estimate of drug-likeness (QED) is 0.781. The van der Waals surface area contributed by atoms with E-state index in [0.29, 0.717) is 23.0 Å². The van der Waals surface area contributed by atoms with Gasteiger partial charge in [0.1, 0.15) is 0 Å². The Morgan fingerprint density at radius 1 is 1.14 bits per heavy atom. The minimum Gasteiger partial charge on any atom is -0.294 e. The first-order valence-electron chi connectivity index (χ1n) is 7.55. The molecule has 1 aliphatic rings. The monoisotopic (exact) mass is 302 g/mol. The first-order chi connectivity index (χ1) is 10.2. The number of Topliss-reactive ketones (excluding diaryl/α,β-unsaturated/α-hetero) is 1. The molecule has 21 heavy (non-hydrogen) atoms. The first kappa shape index (κ1) is 14.3. The van der Waals surface area contributed by atoms with Gasteiger partial charge >= 0.3 is 0 Å². The molecule has 1 aliphatic carbocycles. The zero-order valence-electron chi connectivity index (χ0n) is 12.0. The second-order valence-corrected chi connectivity index (χ2v) is 6.12. The van der Waals surface area contributed by atoms with Crippen LogP contribution in [0.3, 0.4) is 0 Å². The van der Waals surface area contributed by atoms with Crippen molar-refractivity contribution in [1.29, 1.82) is 0 Å². The summed E-state index contributed by atoms with van der Waals surface area (Å²) in [5, 5.41) is 5.23. The normalized spacial score (nSPS) is 16.0. The fraction of sp³-hybridized carbons (Fsp3) is 0.412. The van der Waals surface area contributed by atoms with E-state index >= 15 is 0 Å². The molecular weight excluding hydrogens is 284 g/mol. The zero-order chi connectivity index (χ0) is 14.7. The molecule has 1 aromatic carbocycles. The Bertz CT molecular complexity index is 612. The van der Waals surface area contributed by atoms with Crippen LogP contribution in [0.1, 0.15) is 54.2 Å². The van der Waals surface area contributed by atoms with Gasteiger partial charge in [-0.05, 0) is 43.2 Å². The second-order valence-electron chi connectivity index (χ2n) is 5.69. The lowest BCUT2D eigenvalue weighted by Gasteiger charge is -2.21. The van der Waals surface area contributed by atoms with Crippen LogP contribution in [0.2, 0.25) is 5.02 Å². The second kappa shape index (κ2) is 6.44. The molecule has 0 saturated heterocycles. The summed E-state index contributed by atoms with van der Waals surface area (Å²) in [5.41, 5.74) is 1.53. The molecule has 1 saturated carbocycles. The highest BCUT2D eigenvalue weighted by Gasteiger charge is 2.17. The maximum Gasteiger partial charge on any atom is 0.168 e. The number of rotatable bonds is 4. The van der Waals surface area contributed by atoms with Gasteiger partial charge < -0.3 is 0 Å². The smallest absolute Gasteiger partial charge is 0.168 e. The summed E-state index contributed by atoms with van der Waals surface area (Å²) in [6.07, 6.45) is 8.66. The highest BCUT2D eigenvalue weighted by molar-refractivity contribution is 6.30. The summed E-state index contributed by atoms with van der Waals surface area (Å²) < 4.78 is 2.05. The lowest BCUT2D eigenvalue weighted by Crippen LogP contribution is -2.14. The van der Waals surface area contributed by atoms with Gasteiger partial charge in [0, 0.05) is 16.8 Å². The summed E-state index contributed by atoms with van der Waals surface area (Å²) in [5.74, 6) is 0.0839. The lowest BCUT2D eigenvalue weighted by atomic mass is 9.96. The number of ketones is 1. The molecule has 0 unspecified atom stereocenters.